The van der Waals surface area contributed by atoms with Crippen molar-refractivity contribution in [2.45, 2.75) is 0 Å². The van der Waals surface area contributed by atoms with Crippen LogP contribution in [0.3, 0.4) is 0 Å². The third-order valence-electron chi connectivity index (χ3n) is 0. The van der Waals surface area contributed by atoms with E-state index < -0.39 is 10.2 Å². The van der Waals surface area contributed by atoms with Crippen LogP contribution in [0.2, 0.25) is 0 Å². The van der Waals surface area contributed by atoms with Gasteiger partial charge in [-0.3, -0.25) is 11.7 Å². The lowest BCUT2D eigenvalue weighted by molar-refractivity contribution is -0.742. The van der Waals surface area contributed by atoms with Crippen LogP contribution in [-0.4, -0.2) is 20.6 Å². The first-order valence-corrected chi connectivity index (χ1v) is 1.46. The summed E-state index contributed by atoms with van der Waals surface area (Å²) < 4.78 is 0. The minimum absolute atomic E-state index is 0. The molecule has 12 heteroatoms. The largest absolute Gasteiger partial charge is 0.344 e. The fourth-order valence-corrected chi connectivity index (χ4v) is 0. The van der Waals surface area contributed by atoms with Crippen LogP contribution in [0, 0.1) is 20.2 Å². The van der Waals surface area contributed by atoms with E-state index in [1.54, 1.807) is 0 Å². The zero-order valence-corrected chi connectivity index (χ0v) is 5.99. The average Bonchev–Trinajstić information content (AvgIpc) is 1.66. The number of nitrogens with zero attached hydrogens (tertiary/aromatic N) is 2. The lowest BCUT2D eigenvalue weighted by Crippen LogP contribution is -2.02. The van der Waals surface area contributed by atoms with Crippen LogP contribution in [0.5, 0.6) is 0 Å². The van der Waals surface area contributed by atoms with Gasteiger partial charge in [0, 0.05) is 0 Å². The van der Waals surface area contributed by atoms with E-state index in [0.717, 1.165) is 0 Å². The van der Waals surface area contributed by atoms with Gasteiger partial charge in [0.25, 0.3) is 10.2 Å². The van der Waals surface area contributed by atoms with Crippen LogP contribution in [0.1, 0.15) is 0 Å². The first kappa shape index (κ1) is 31.8. The summed E-state index contributed by atoms with van der Waals surface area (Å²) in [4.78, 5) is 16.7. The number of hydrogen-bond donors (Lipinski definition) is 6. The Morgan fingerprint density at radius 3 is 0.917 bits per heavy atom. The number of rotatable bonds is 0. The van der Waals surface area contributed by atoms with Gasteiger partial charge in [0.1, 0.15) is 0 Å². The van der Waals surface area contributed by atoms with Crippen LogP contribution >= 0.6 is 0 Å². The number of hydrazine groups is 1. The molecule has 0 aromatic carbocycles. The maximum absolute atomic E-state index is 8.36. The summed E-state index contributed by atoms with van der Waals surface area (Å²) in [6, 6.07) is 0. The molecule has 12 N–H and O–H groups in total. The van der Waals surface area contributed by atoms with E-state index in [2.05, 4.69) is 11.7 Å². The lowest BCUT2D eigenvalue weighted by Gasteiger charge is -1.56. The Labute approximate surface area is 66.1 Å². The molecule has 0 saturated heterocycles. The maximum Gasteiger partial charge on any atom is 0.291 e. The van der Waals surface area contributed by atoms with Crippen LogP contribution in [0.4, 0.5) is 0 Å². The van der Waals surface area contributed by atoms with Crippen LogP contribution in [0.15, 0.2) is 0 Å². The highest BCUT2D eigenvalue weighted by atomic mass is 16.9. The SMILES string of the molecule is N.N.NN.O=[N+]([O-])O.O=[N+]([O-])O. The minimum Gasteiger partial charge on any atom is -0.344 e. The number of nitrogens with two attached hydrogens (primary N) is 2. The van der Waals surface area contributed by atoms with Crippen molar-refractivity contribution >= 4 is 0 Å². The molecule has 0 fully saturated rings. The summed E-state index contributed by atoms with van der Waals surface area (Å²) in [6.45, 7) is 0. The van der Waals surface area contributed by atoms with E-state index in [1.165, 1.54) is 0 Å². The molecule has 0 amide bonds. The maximum atomic E-state index is 8.36. The van der Waals surface area contributed by atoms with Gasteiger partial charge >= 0.3 is 0 Å². The second-order valence-electron chi connectivity index (χ2n) is 0.476. The molecule has 0 heterocycles. The van der Waals surface area contributed by atoms with E-state index in [-0.39, 0.29) is 12.3 Å². The molecule has 0 aliphatic carbocycles. The van der Waals surface area contributed by atoms with Gasteiger partial charge in [0.05, 0.1) is 0 Å². The quantitative estimate of drug-likeness (QED) is 0.146. The van der Waals surface area contributed by atoms with E-state index in [1.807, 2.05) is 0 Å². The molecule has 0 rings (SSSR count). The van der Waals surface area contributed by atoms with Crippen molar-refractivity contribution in [2.75, 3.05) is 0 Å². The summed E-state index contributed by atoms with van der Waals surface area (Å²) >= 11 is 0. The Morgan fingerprint density at radius 2 is 0.917 bits per heavy atom. The van der Waals surface area contributed by atoms with Crippen molar-refractivity contribution in [1.29, 1.82) is 0 Å². The second-order valence-corrected chi connectivity index (χ2v) is 0.476. The molecule has 0 aromatic rings. The van der Waals surface area contributed by atoms with Gasteiger partial charge in [-0.05, 0) is 0 Å². The summed E-state index contributed by atoms with van der Waals surface area (Å²) in [5, 5.41) is 27.3. The van der Waals surface area contributed by atoms with Gasteiger partial charge in [0.2, 0.25) is 0 Å². The van der Waals surface area contributed by atoms with Gasteiger partial charge in [-0.25, -0.2) is 0 Å². The molecule has 0 aromatic heterocycles. The van der Waals surface area contributed by atoms with Gasteiger partial charge < -0.3 is 22.7 Å². The molecule has 78 valence electrons. The molecule has 0 atom stereocenters. The summed E-state index contributed by atoms with van der Waals surface area (Å²) in [7, 11) is 0. The third-order valence-corrected chi connectivity index (χ3v) is 0. The monoisotopic (exact) mass is 192 g/mol. The zero-order valence-electron chi connectivity index (χ0n) is 5.99. The predicted octanol–water partition coefficient (Wildman–Crippen LogP) is -1.55. The van der Waals surface area contributed by atoms with Crippen molar-refractivity contribution in [3.05, 3.63) is 20.2 Å². The van der Waals surface area contributed by atoms with Crippen molar-refractivity contribution in [3.8, 4) is 0 Å². The molecule has 0 unspecified atom stereocenters. The lowest BCUT2D eigenvalue weighted by atomic mass is 13.0. The molecule has 12 nitrogen and oxygen atoms in total. The highest BCUT2D eigenvalue weighted by Crippen LogP contribution is 1.38. The molecule has 0 radical (unpaired) electrons. The van der Waals surface area contributed by atoms with Crippen molar-refractivity contribution in [1.82, 2.24) is 12.3 Å². The van der Waals surface area contributed by atoms with Gasteiger partial charge in [-0.2, -0.15) is 0 Å². The molecule has 0 spiro atoms. The fourth-order valence-electron chi connectivity index (χ4n) is 0. The Hall–Kier alpha value is -1.76. The molecular formula is H12N6O6. The smallest absolute Gasteiger partial charge is 0.291 e. The molecule has 0 aliphatic heterocycles. The highest BCUT2D eigenvalue weighted by molar-refractivity contribution is 3.83. The molecule has 0 bridgehead atoms. The number of hydrogen-bond acceptors (Lipinski definition) is 8. The third kappa shape index (κ3) is 139. The van der Waals surface area contributed by atoms with Crippen LogP contribution in [-0.2, 0) is 0 Å². The molecule has 0 saturated carbocycles. The Bertz CT molecular complexity index is 70.0. The normalized spacial score (nSPS) is 4.50. The molecular weight excluding hydrogens is 180 g/mol. The van der Waals surface area contributed by atoms with E-state index in [0.29, 0.717) is 0 Å². The Kier molecular flexibility index (Phi) is 92.6. The van der Waals surface area contributed by atoms with Crippen molar-refractivity contribution in [2.24, 2.45) is 11.7 Å². The first-order chi connectivity index (χ1) is 4.46. The average molecular weight is 192 g/mol. The van der Waals surface area contributed by atoms with Gasteiger partial charge in [0.15, 0.2) is 0 Å². The van der Waals surface area contributed by atoms with Crippen LogP contribution in [0.25, 0.3) is 0 Å². The molecule has 0 aliphatic rings. The second kappa shape index (κ2) is 34.9. The topological polar surface area (TPSA) is 249 Å². The minimum atomic E-state index is -1.50. The van der Waals surface area contributed by atoms with E-state index >= 15 is 0 Å². The fraction of sp³-hybridized carbons (Fsp3) is 0. The van der Waals surface area contributed by atoms with Crippen LogP contribution < -0.4 is 24.0 Å². The van der Waals surface area contributed by atoms with Crippen molar-refractivity contribution in [3.63, 3.8) is 0 Å². The van der Waals surface area contributed by atoms with Crippen molar-refractivity contribution < 1.29 is 20.6 Å². The highest BCUT2D eigenvalue weighted by Gasteiger charge is 1.65. The summed E-state index contributed by atoms with van der Waals surface area (Å²) in [6.07, 6.45) is 0. The Balaban J connectivity index is -0.0000000198. The first-order valence-electron chi connectivity index (χ1n) is 1.46. The standard InChI is InChI=1S/H4N2.2HNO3.2H3N/c1-2;2*2-1(3)4;;/h1-2H2;2*(H,2,3,4);2*1H3. The summed E-state index contributed by atoms with van der Waals surface area (Å²) in [5.74, 6) is 8.00. The predicted molar refractivity (Wildman–Crippen MR) is 36.0 cm³/mol. The van der Waals surface area contributed by atoms with Gasteiger partial charge in [-0.1, -0.05) is 0 Å². The zero-order chi connectivity index (χ0) is 9.15. The van der Waals surface area contributed by atoms with E-state index in [4.69, 9.17) is 30.6 Å². The summed E-state index contributed by atoms with van der Waals surface area (Å²) in [5.41, 5.74) is 0. The Morgan fingerprint density at radius 1 is 0.917 bits per heavy atom. The van der Waals surface area contributed by atoms with E-state index in [9.17, 15) is 0 Å². The van der Waals surface area contributed by atoms with Gasteiger partial charge in [-0.15, -0.1) is 20.2 Å². The molecule has 12 heavy (non-hydrogen) atoms.